The van der Waals surface area contributed by atoms with Crippen LogP contribution in [0, 0.1) is 5.41 Å². The van der Waals surface area contributed by atoms with E-state index in [1.165, 1.54) is 0 Å². The summed E-state index contributed by atoms with van der Waals surface area (Å²) in [7, 11) is 0. The molecular formula is C14H24N2O4. The monoisotopic (exact) mass is 284 g/mol. The Labute approximate surface area is 119 Å². The van der Waals surface area contributed by atoms with Crippen molar-refractivity contribution in [2.24, 2.45) is 5.41 Å². The number of ether oxygens (including phenoxy) is 1. The summed E-state index contributed by atoms with van der Waals surface area (Å²) in [6, 6.07) is -0.0711. The SMILES string of the molecule is CC1CN(C(=O)N2CCC(C)(C(=O)O)C2)CC(C)(C)O1. The lowest BCUT2D eigenvalue weighted by atomic mass is 9.90. The lowest BCUT2D eigenvalue weighted by Gasteiger charge is -2.42. The van der Waals surface area contributed by atoms with Crippen molar-refractivity contribution in [1.29, 1.82) is 0 Å². The highest BCUT2D eigenvalue weighted by Crippen LogP contribution is 2.31. The van der Waals surface area contributed by atoms with Gasteiger partial charge >= 0.3 is 12.0 Å². The molecule has 2 atom stereocenters. The maximum absolute atomic E-state index is 12.5. The van der Waals surface area contributed by atoms with Crippen molar-refractivity contribution >= 4 is 12.0 Å². The van der Waals surface area contributed by atoms with Crippen LogP contribution in [0.2, 0.25) is 0 Å². The van der Waals surface area contributed by atoms with Crippen molar-refractivity contribution in [2.75, 3.05) is 26.2 Å². The summed E-state index contributed by atoms with van der Waals surface area (Å²) in [5.74, 6) is -0.830. The van der Waals surface area contributed by atoms with Gasteiger partial charge in [0.2, 0.25) is 0 Å². The van der Waals surface area contributed by atoms with Gasteiger partial charge in [-0.1, -0.05) is 0 Å². The molecule has 2 aliphatic rings. The number of carbonyl (C=O) groups excluding carboxylic acids is 1. The third-order valence-electron chi connectivity index (χ3n) is 4.10. The minimum absolute atomic E-state index is 0.00356. The Bertz CT molecular complexity index is 423. The first-order chi connectivity index (χ1) is 9.13. The normalized spacial score (nSPS) is 33.3. The number of carbonyl (C=O) groups is 2. The van der Waals surface area contributed by atoms with Crippen molar-refractivity contribution in [3.05, 3.63) is 0 Å². The molecule has 0 aromatic rings. The topological polar surface area (TPSA) is 70.1 Å². The molecule has 2 amide bonds. The molecule has 0 aromatic carbocycles. The van der Waals surface area contributed by atoms with Crippen LogP contribution >= 0.6 is 0 Å². The molecule has 0 radical (unpaired) electrons. The summed E-state index contributed by atoms with van der Waals surface area (Å²) in [5, 5.41) is 9.24. The molecule has 2 saturated heterocycles. The van der Waals surface area contributed by atoms with E-state index < -0.39 is 11.4 Å². The lowest BCUT2D eigenvalue weighted by molar-refractivity contribution is -0.147. The molecule has 2 fully saturated rings. The molecule has 0 spiro atoms. The van der Waals surface area contributed by atoms with Crippen LogP contribution < -0.4 is 0 Å². The summed E-state index contributed by atoms with van der Waals surface area (Å²) < 4.78 is 5.79. The van der Waals surface area contributed by atoms with Gasteiger partial charge < -0.3 is 19.6 Å². The van der Waals surface area contributed by atoms with Gasteiger partial charge in [-0.05, 0) is 34.1 Å². The van der Waals surface area contributed by atoms with Gasteiger partial charge in [-0.25, -0.2) is 4.79 Å². The highest BCUT2D eigenvalue weighted by atomic mass is 16.5. The fourth-order valence-corrected chi connectivity index (χ4v) is 3.10. The van der Waals surface area contributed by atoms with Crippen LogP contribution in [0.5, 0.6) is 0 Å². The number of likely N-dealkylation sites (tertiary alicyclic amines) is 1. The molecule has 0 aromatic heterocycles. The molecule has 2 rings (SSSR count). The molecule has 0 saturated carbocycles. The number of hydrogen-bond donors (Lipinski definition) is 1. The van der Waals surface area contributed by atoms with Gasteiger partial charge in [0.15, 0.2) is 0 Å². The summed E-state index contributed by atoms with van der Waals surface area (Å²) in [4.78, 5) is 27.2. The number of urea groups is 1. The molecule has 114 valence electrons. The number of amides is 2. The van der Waals surface area contributed by atoms with Crippen LogP contribution in [0.1, 0.15) is 34.1 Å². The fourth-order valence-electron chi connectivity index (χ4n) is 3.10. The van der Waals surface area contributed by atoms with E-state index in [1.54, 1.807) is 16.7 Å². The lowest BCUT2D eigenvalue weighted by Crippen LogP contribution is -2.56. The standard InChI is InChI=1S/C14H24N2O4/c1-10-7-16(8-13(2,3)20-10)12(19)15-6-5-14(4,9-15)11(17)18/h10H,5-9H2,1-4H3,(H,17,18). The van der Waals surface area contributed by atoms with Crippen LogP contribution in [0.25, 0.3) is 0 Å². The maximum Gasteiger partial charge on any atom is 0.320 e. The molecular weight excluding hydrogens is 260 g/mol. The number of nitrogens with zero attached hydrogens (tertiary/aromatic N) is 2. The van der Waals surface area contributed by atoms with E-state index >= 15 is 0 Å². The highest BCUT2D eigenvalue weighted by Gasteiger charge is 2.44. The Balaban J connectivity index is 2.04. The third kappa shape index (κ3) is 2.90. The van der Waals surface area contributed by atoms with Crippen LogP contribution in [-0.4, -0.2) is 64.8 Å². The Morgan fingerprint density at radius 3 is 2.35 bits per heavy atom. The molecule has 1 N–H and O–H groups in total. The number of rotatable bonds is 1. The Kier molecular flexibility index (Phi) is 3.71. The van der Waals surface area contributed by atoms with Crippen LogP contribution in [0.15, 0.2) is 0 Å². The van der Waals surface area contributed by atoms with Gasteiger partial charge in [-0.15, -0.1) is 0 Å². The summed E-state index contributed by atoms with van der Waals surface area (Å²) in [6.07, 6.45) is 0.508. The minimum atomic E-state index is -0.830. The van der Waals surface area contributed by atoms with Crippen LogP contribution in [0.4, 0.5) is 4.79 Å². The van der Waals surface area contributed by atoms with Crippen LogP contribution in [-0.2, 0) is 9.53 Å². The summed E-state index contributed by atoms with van der Waals surface area (Å²) in [6.45, 7) is 9.48. The van der Waals surface area contributed by atoms with E-state index in [2.05, 4.69) is 0 Å². The van der Waals surface area contributed by atoms with Gasteiger partial charge in [-0.2, -0.15) is 0 Å². The molecule has 2 aliphatic heterocycles. The quantitative estimate of drug-likeness (QED) is 0.790. The number of morpholine rings is 1. The predicted molar refractivity (Wildman–Crippen MR) is 73.5 cm³/mol. The van der Waals surface area contributed by atoms with E-state index in [0.717, 1.165) is 0 Å². The van der Waals surface area contributed by atoms with Crippen molar-refractivity contribution in [2.45, 2.75) is 45.8 Å². The zero-order valence-corrected chi connectivity index (χ0v) is 12.7. The molecule has 20 heavy (non-hydrogen) atoms. The largest absolute Gasteiger partial charge is 0.481 e. The van der Waals surface area contributed by atoms with Crippen molar-refractivity contribution < 1.29 is 19.4 Å². The Morgan fingerprint density at radius 2 is 1.85 bits per heavy atom. The van der Waals surface area contributed by atoms with E-state index in [-0.39, 0.29) is 24.3 Å². The molecule has 2 unspecified atom stereocenters. The molecule has 0 aliphatic carbocycles. The van der Waals surface area contributed by atoms with Crippen molar-refractivity contribution in [1.82, 2.24) is 9.80 Å². The van der Waals surface area contributed by atoms with Crippen molar-refractivity contribution in [3.63, 3.8) is 0 Å². The second-order valence-corrected chi connectivity index (χ2v) is 6.89. The van der Waals surface area contributed by atoms with E-state index in [4.69, 9.17) is 4.74 Å². The van der Waals surface area contributed by atoms with E-state index in [0.29, 0.717) is 26.1 Å². The van der Waals surface area contributed by atoms with Gasteiger partial charge in [0, 0.05) is 19.6 Å². The summed E-state index contributed by atoms with van der Waals surface area (Å²) >= 11 is 0. The van der Waals surface area contributed by atoms with Gasteiger partial charge in [-0.3, -0.25) is 4.79 Å². The zero-order valence-electron chi connectivity index (χ0n) is 12.7. The first-order valence-electron chi connectivity index (χ1n) is 7.08. The minimum Gasteiger partial charge on any atom is -0.481 e. The first-order valence-corrected chi connectivity index (χ1v) is 7.08. The molecule has 0 bridgehead atoms. The molecule has 6 heteroatoms. The number of carboxylic acids is 1. The number of aliphatic carboxylic acids is 1. The second kappa shape index (κ2) is 4.91. The average Bonchev–Trinajstić information content (AvgIpc) is 2.69. The van der Waals surface area contributed by atoms with Gasteiger partial charge in [0.05, 0.1) is 23.7 Å². The van der Waals surface area contributed by atoms with Gasteiger partial charge in [0.25, 0.3) is 0 Å². The highest BCUT2D eigenvalue weighted by molar-refractivity contribution is 5.79. The third-order valence-corrected chi connectivity index (χ3v) is 4.10. The first kappa shape index (κ1) is 15.1. The predicted octanol–water partition coefficient (Wildman–Crippen LogP) is 1.40. The maximum atomic E-state index is 12.5. The number of carboxylic acid groups (broad SMARTS) is 1. The second-order valence-electron chi connectivity index (χ2n) is 6.89. The molecule has 2 heterocycles. The van der Waals surface area contributed by atoms with E-state index in [1.807, 2.05) is 20.8 Å². The fraction of sp³-hybridized carbons (Fsp3) is 0.857. The average molecular weight is 284 g/mol. The van der Waals surface area contributed by atoms with Gasteiger partial charge in [0.1, 0.15) is 0 Å². The summed E-state index contributed by atoms with van der Waals surface area (Å²) in [5.41, 5.74) is -1.17. The molecule has 6 nitrogen and oxygen atoms in total. The smallest absolute Gasteiger partial charge is 0.320 e. The Morgan fingerprint density at radius 1 is 1.20 bits per heavy atom. The van der Waals surface area contributed by atoms with Crippen molar-refractivity contribution in [3.8, 4) is 0 Å². The zero-order chi connectivity index (χ0) is 15.1. The van der Waals surface area contributed by atoms with E-state index in [9.17, 15) is 14.7 Å². The van der Waals surface area contributed by atoms with Crippen LogP contribution in [0.3, 0.4) is 0 Å². The Hall–Kier alpha value is -1.30. The number of hydrogen-bond acceptors (Lipinski definition) is 3.